The summed E-state index contributed by atoms with van der Waals surface area (Å²) < 4.78 is 11.1. The smallest absolute Gasteiger partial charge is 0.123 e. The normalized spacial score (nSPS) is 15.8. The number of phenolic OH excluding ortho intramolecular Hbond substituents is 1. The Kier molecular flexibility index (Phi) is 2.96. The van der Waals surface area contributed by atoms with Gasteiger partial charge in [0.15, 0.2) is 0 Å². The minimum Gasteiger partial charge on any atom is -0.507 e. The zero-order chi connectivity index (χ0) is 18.2. The molecule has 0 radical (unpaired) electrons. The van der Waals surface area contributed by atoms with Crippen LogP contribution in [0.2, 0.25) is 0 Å². The lowest BCUT2D eigenvalue weighted by molar-refractivity contribution is 0.411. The minimum atomic E-state index is -0.208. The molecule has 0 heterocycles. The SMILES string of the molecule is COc1cc2c3c(c1)C(C)(C)c1cc(OC)cc4c(O)cc(c-3c14)CC2. The van der Waals surface area contributed by atoms with Crippen LogP contribution in [0.25, 0.3) is 21.9 Å². The maximum absolute atomic E-state index is 10.7. The van der Waals surface area contributed by atoms with Crippen molar-refractivity contribution >= 4 is 10.8 Å². The second-order valence-electron chi connectivity index (χ2n) is 7.86. The first-order valence-electron chi connectivity index (χ1n) is 9.04. The van der Waals surface area contributed by atoms with Gasteiger partial charge in [-0.3, -0.25) is 0 Å². The summed E-state index contributed by atoms with van der Waals surface area (Å²) >= 11 is 0. The molecule has 5 rings (SSSR count). The summed E-state index contributed by atoms with van der Waals surface area (Å²) in [7, 11) is 3.41. The number of rotatable bonds is 2. The topological polar surface area (TPSA) is 38.7 Å². The predicted molar refractivity (Wildman–Crippen MR) is 104 cm³/mol. The highest BCUT2D eigenvalue weighted by molar-refractivity contribution is 6.08. The molecule has 0 fully saturated rings. The molecule has 3 nitrogen and oxygen atoms in total. The van der Waals surface area contributed by atoms with Crippen LogP contribution in [-0.4, -0.2) is 19.3 Å². The van der Waals surface area contributed by atoms with Crippen molar-refractivity contribution in [3.63, 3.8) is 0 Å². The number of methoxy groups -OCH3 is 2. The second-order valence-corrected chi connectivity index (χ2v) is 7.86. The van der Waals surface area contributed by atoms with Crippen LogP contribution in [0.1, 0.15) is 36.1 Å². The number of phenols is 1. The third-order valence-corrected chi connectivity index (χ3v) is 6.20. The molecular weight excluding hydrogens is 324 g/mol. The van der Waals surface area contributed by atoms with Gasteiger partial charge in [-0.2, -0.15) is 0 Å². The van der Waals surface area contributed by atoms with Gasteiger partial charge in [0.1, 0.15) is 17.2 Å². The van der Waals surface area contributed by atoms with Crippen LogP contribution in [0.3, 0.4) is 0 Å². The molecule has 3 aromatic rings. The highest BCUT2D eigenvalue weighted by atomic mass is 16.5. The Bertz CT molecular complexity index is 1090. The fourth-order valence-corrected chi connectivity index (χ4v) is 4.85. The number of aryl methyl sites for hydroxylation is 2. The van der Waals surface area contributed by atoms with E-state index in [9.17, 15) is 5.11 Å². The Balaban J connectivity index is 2.03. The molecule has 0 amide bonds. The van der Waals surface area contributed by atoms with Crippen LogP contribution < -0.4 is 9.47 Å². The van der Waals surface area contributed by atoms with Gasteiger partial charge in [-0.1, -0.05) is 13.8 Å². The van der Waals surface area contributed by atoms with Gasteiger partial charge in [0.05, 0.1) is 14.2 Å². The Morgan fingerprint density at radius 2 is 1.42 bits per heavy atom. The van der Waals surface area contributed by atoms with Crippen molar-refractivity contribution in [3.05, 3.63) is 52.6 Å². The molecule has 3 heteroatoms. The van der Waals surface area contributed by atoms with Crippen molar-refractivity contribution in [2.24, 2.45) is 0 Å². The molecule has 2 aliphatic rings. The lowest BCUT2D eigenvalue weighted by Crippen LogP contribution is -2.26. The Labute approximate surface area is 153 Å². The van der Waals surface area contributed by atoms with Gasteiger partial charge in [0.25, 0.3) is 0 Å². The van der Waals surface area contributed by atoms with Crippen molar-refractivity contribution < 1.29 is 14.6 Å². The molecule has 0 bridgehead atoms. The summed E-state index contributed by atoms with van der Waals surface area (Å²) in [4.78, 5) is 0. The molecule has 3 aromatic carbocycles. The second kappa shape index (κ2) is 4.94. The quantitative estimate of drug-likeness (QED) is 0.712. The summed E-state index contributed by atoms with van der Waals surface area (Å²) in [6.07, 6.45) is 1.91. The molecule has 0 unspecified atom stereocenters. The Morgan fingerprint density at radius 3 is 2.12 bits per heavy atom. The van der Waals surface area contributed by atoms with E-state index >= 15 is 0 Å². The highest BCUT2D eigenvalue weighted by Gasteiger charge is 2.38. The van der Waals surface area contributed by atoms with E-state index in [0.29, 0.717) is 5.75 Å². The third kappa shape index (κ3) is 1.78. The first-order chi connectivity index (χ1) is 12.5. The molecular formula is C23H22O3. The van der Waals surface area contributed by atoms with Crippen LogP contribution in [0.5, 0.6) is 17.2 Å². The summed E-state index contributed by atoms with van der Waals surface area (Å²) in [5.41, 5.74) is 7.48. The van der Waals surface area contributed by atoms with Crippen molar-refractivity contribution in [2.45, 2.75) is 32.1 Å². The molecule has 0 atom stereocenters. The van der Waals surface area contributed by atoms with E-state index in [0.717, 1.165) is 29.7 Å². The molecule has 26 heavy (non-hydrogen) atoms. The van der Waals surface area contributed by atoms with E-state index in [1.54, 1.807) is 14.2 Å². The fourth-order valence-electron chi connectivity index (χ4n) is 4.85. The summed E-state index contributed by atoms with van der Waals surface area (Å²) in [6.45, 7) is 4.50. The van der Waals surface area contributed by atoms with E-state index in [4.69, 9.17) is 9.47 Å². The molecule has 0 saturated heterocycles. The first kappa shape index (κ1) is 15.6. The lowest BCUT2D eigenvalue weighted by Gasteiger charge is -2.39. The van der Waals surface area contributed by atoms with Gasteiger partial charge in [-0.15, -0.1) is 0 Å². The number of hydrogen-bond donors (Lipinski definition) is 1. The van der Waals surface area contributed by atoms with Gasteiger partial charge in [-0.05, 0) is 81.9 Å². The zero-order valence-electron chi connectivity index (χ0n) is 15.6. The standard InChI is InChI=1S/C23H22O3/c1-23(2)17-10-14(25-3)7-12-5-6-13-8-19(24)16-9-15(26-4)11-18(23)22(16)21(13)20(12)17/h7-11,24H,5-6H2,1-4H3. The van der Waals surface area contributed by atoms with Gasteiger partial charge in [0, 0.05) is 10.8 Å². The Hall–Kier alpha value is -2.68. The van der Waals surface area contributed by atoms with Crippen molar-refractivity contribution in [1.82, 2.24) is 0 Å². The molecule has 0 aliphatic heterocycles. The van der Waals surface area contributed by atoms with E-state index in [1.165, 1.54) is 38.8 Å². The number of benzene rings is 3. The molecule has 0 spiro atoms. The number of aromatic hydroxyl groups is 1. The van der Waals surface area contributed by atoms with Crippen LogP contribution in [0.4, 0.5) is 0 Å². The largest absolute Gasteiger partial charge is 0.507 e. The summed E-state index contributed by atoms with van der Waals surface area (Å²) in [6, 6.07) is 10.4. The molecule has 2 aliphatic carbocycles. The minimum absolute atomic E-state index is 0.208. The van der Waals surface area contributed by atoms with E-state index in [1.807, 2.05) is 12.1 Å². The number of ether oxygens (including phenoxy) is 2. The van der Waals surface area contributed by atoms with Gasteiger partial charge in [-0.25, -0.2) is 0 Å². The Morgan fingerprint density at radius 1 is 0.808 bits per heavy atom. The van der Waals surface area contributed by atoms with Crippen LogP contribution in [-0.2, 0) is 18.3 Å². The van der Waals surface area contributed by atoms with E-state index in [-0.39, 0.29) is 5.41 Å². The van der Waals surface area contributed by atoms with Crippen LogP contribution in [0.15, 0.2) is 30.3 Å². The average molecular weight is 346 g/mol. The lowest BCUT2D eigenvalue weighted by atomic mass is 9.64. The van der Waals surface area contributed by atoms with Gasteiger partial charge >= 0.3 is 0 Å². The van der Waals surface area contributed by atoms with Gasteiger partial charge in [0.2, 0.25) is 0 Å². The monoisotopic (exact) mass is 346 g/mol. The molecule has 1 N–H and O–H groups in total. The van der Waals surface area contributed by atoms with Crippen molar-refractivity contribution in [3.8, 4) is 28.4 Å². The summed E-state index contributed by atoms with van der Waals surface area (Å²) in [5, 5.41) is 12.8. The van der Waals surface area contributed by atoms with Crippen molar-refractivity contribution in [1.29, 1.82) is 0 Å². The highest BCUT2D eigenvalue weighted by Crippen LogP contribution is 2.55. The fraction of sp³-hybridized carbons (Fsp3) is 0.304. The first-order valence-corrected chi connectivity index (χ1v) is 9.04. The van der Waals surface area contributed by atoms with E-state index in [2.05, 4.69) is 32.0 Å². The maximum atomic E-state index is 10.7. The molecule has 0 saturated carbocycles. The van der Waals surface area contributed by atoms with Gasteiger partial charge < -0.3 is 14.6 Å². The van der Waals surface area contributed by atoms with Crippen LogP contribution >= 0.6 is 0 Å². The average Bonchev–Trinajstić information content (AvgIpc) is 2.65. The van der Waals surface area contributed by atoms with Crippen LogP contribution in [0, 0.1) is 0 Å². The predicted octanol–water partition coefficient (Wildman–Crippen LogP) is 4.97. The number of hydrogen-bond acceptors (Lipinski definition) is 3. The zero-order valence-corrected chi connectivity index (χ0v) is 15.6. The van der Waals surface area contributed by atoms with Crippen molar-refractivity contribution in [2.75, 3.05) is 14.2 Å². The third-order valence-electron chi connectivity index (χ3n) is 6.20. The summed E-state index contributed by atoms with van der Waals surface area (Å²) in [5.74, 6) is 2.03. The van der Waals surface area contributed by atoms with E-state index < -0.39 is 0 Å². The molecule has 0 aromatic heterocycles. The molecule has 132 valence electrons. The maximum Gasteiger partial charge on any atom is 0.123 e.